The van der Waals surface area contributed by atoms with Gasteiger partial charge in [0.2, 0.25) is 15.9 Å². The van der Waals surface area contributed by atoms with E-state index < -0.39 is 15.9 Å². The number of benzene rings is 2. The van der Waals surface area contributed by atoms with E-state index in [4.69, 9.17) is 0 Å². The number of nitrogens with zero attached hydrogens (tertiary/aromatic N) is 3. The van der Waals surface area contributed by atoms with Gasteiger partial charge in [0.25, 0.3) is 0 Å². The van der Waals surface area contributed by atoms with Crippen LogP contribution >= 0.6 is 0 Å². The Labute approximate surface area is 209 Å². The summed E-state index contributed by atoms with van der Waals surface area (Å²) in [5, 5.41) is 0. The molecule has 0 aliphatic carbocycles. The van der Waals surface area contributed by atoms with Crippen molar-refractivity contribution in [2.24, 2.45) is 0 Å². The number of carbonyl (C=O) groups excluding carboxylic acids is 1. The molecule has 0 radical (unpaired) electrons. The lowest BCUT2D eigenvalue weighted by Crippen LogP contribution is -2.42. The van der Waals surface area contributed by atoms with Gasteiger partial charge in [0, 0.05) is 26.2 Å². The van der Waals surface area contributed by atoms with Crippen molar-refractivity contribution in [2.45, 2.75) is 49.0 Å². The smallest absolute Gasteiger partial charge is 0.243 e. The summed E-state index contributed by atoms with van der Waals surface area (Å²) in [5.41, 5.74) is 1.92. The molecule has 6 nitrogen and oxygen atoms in total. The number of likely N-dealkylation sites (tertiary alicyclic amines) is 1. The van der Waals surface area contributed by atoms with Gasteiger partial charge in [0.05, 0.1) is 16.9 Å². The van der Waals surface area contributed by atoms with Crippen molar-refractivity contribution in [1.29, 1.82) is 0 Å². The SMILES string of the molecule is O=C1[C@@H](c2cccc(S(=O)(=O)N3CCCC3)c2)CC=CCN1[C@H](CN1CCCC1)c1ccccc1. The van der Waals surface area contributed by atoms with Crippen LogP contribution in [0.3, 0.4) is 0 Å². The molecule has 3 aliphatic heterocycles. The number of hydrogen-bond acceptors (Lipinski definition) is 4. The van der Waals surface area contributed by atoms with E-state index in [1.54, 1.807) is 22.5 Å². The molecular formula is C28H35N3O3S. The predicted octanol–water partition coefficient (Wildman–Crippen LogP) is 4.18. The van der Waals surface area contributed by atoms with Gasteiger partial charge in [-0.15, -0.1) is 0 Å². The monoisotopic (exact) mass is 493 g/mol. The summed E-state index contributed by atoms with van der Waals surface area (Å²) in [6.45, 7) is 4.66. The lowest BCUT2D eigenvalue weighted by atomic mass is 9.93. The van der Waals surface area contributed by atoms with E-state index in [-0.39, 0.29) is 11.9 Å². The molecule has 2 aromatic rings. The summed E-state index contributed by atoms with van der Waals surface area (Å²) in [5.74, 6) is -0.328. The fourth-order valence-corrected chi connectivity index (χ4v) is 7.18. The summed E-state index contributed by atoms with van der Waals surface area (Å²) in [6.07, 6.45) is 8.94. The van der Waals surface area contributed by atoms with Crippen molar-refractivity contribution in [3.8, 4) is 0 Å². The average molecular weight is 494 g/mol. The predicted molar refractivity (Wildman–Crippen MR) is 138 cm³/mol. The van der Waals surface area contributed by atoms with Gasteiger partial charge in [-0.25, -0.2) is 8.42 Å². The highest BCUT2D eigenvalue weighted by Gasteiger charge is 2.34. The Bertz CT molecular complexity index is 1150. The van der Waals surface area contributed by atoms with Crippen LogP contribution in [0.2, 0.25) is 0 Å². The van der Waals surface area contributed by atoms with E-state index in [0.717, 1.165) is 43.6 Å². The van der Waals surface area contributed by atoms with Crippen molar-refractivity contribution in [2.75, 3.05) is 39.3 Å². The largest absolute Gasteiger partial charge is 0.330 e. The third-order valence-corrected chi connectivity index (χ3v) is 9.47. The number of sulfonamides is 1. The molecule has 3 aliphatic rings. The Morgan fingerprint density at radius 3 is 2.31 bits per heavy atom. The van der Waals surface area contributed by atoms with Crippen LogP contribution in [0.1, 0.15) is 55.2 Å². The molecule has 5 rings (SSSR count). The van der Waals surface area contributed by atoms with Crippen molar-refractivity contribution >= 4 is 15.9 Å². The second kappa shape index (κ2) is 10.6. The molecule has 2 fully saturated rings. The molecule has 186 valence electrons. The molecule has 1 amide bonds. The lowest BCUT2D eigenvalue weighted by molar-refractivity contribution is -0.134. The third kappa shape index (κ3) is 5.22. The van der Waals surface area contributed by atoms with Gasteiger partial charge in [-0.1, -0.05) is 54.6 Å². The van der Waals surface area contributed by atoms with Gasteiger partial charge in [-0.3, -0.25) is 4.79 Å². The maximum absolute atomic E-state index is 14.1. The van der Waals surface area contributed by atoms with Crippen LogP contribution in [0.25, 0.3) is 0 Å². The van der Waals surface area contributed by atoms with E-state index in [0.29, 0.717) is 31.0 Å². The molecule has 2 atom stereocenters. The van der Waals surface area contributed by atoms with Gasteiger partial charge in [-0.05, 0) is 68.5 Å². The zero-order valence-electron chi connectivity index (χ0n) is 20.3. The quantitative estimate of drug-likeness (QED) is 0.543. The molecular weight excluding hydrogens is 458 g/mol. The molecule has 3 heterocycles. The second-order valence-corrected chi connectivity index (χ2v) is 11.8. The molecule has 2 aromatic carbocycles. The molecule has 7 heteroatoms. The second-order valence-electron chi connectivity index (χ2n) is 9.87. The lowest BCUT2D eigenvalue weighted by Gasteiger charge is -2.35. The van der Waals surface area contributed by atoms with Crippen LogP contribution in [0.15, 0.2) is 71.6 Å². The minimum atomic E-state index is -3.53. The Hall–Kier alpha value is -2.48. The van der Waals surface area contributed by atoms with Gasteiger partial charge in [0.15, 0.2) is 0 Å². The fourth-order valence-electron chi connectivity index (χ4n) is 5.61. The molecule has 0 spiro atoms. The topological polar surface area (TPSA) is 60.9 Å². The van der Waals surface area contributed by atoms with Gasteiger partial charge < -0.3 is 9.80 Å². The van der Waals surface area contributed by atoms with E-state index in [2.05, 4.69) is 29.2 Å². The van der Waals surface area contributed by atoms with Gasteiger partial charge >= 0.3 is 0 Å². The van der Waals surface area contributed by atoms with Crippen molar-refractivity contribution in [3.05, 3.63) is 77.9 Å². The molecule has 0 unspecified atom stereocenters. The zero-order chi connectivity index (χ0) is 24.3. The van der Waals surface area contributed by atoms with Crippen LogP contribution in [-0.4, -0.2) is 67.7 Å². The number of amides is 1. The van der Waals surface area contributed by atoms with Crippen LogP contribution in [0.5, 0.6) is 0 Å². The molecule has 35 heavy (non-hydrogen) atoms. The van der Waals surface area contributed by atoms with E-state index in [9.17, 15) is 13.2 Å². The normalized spacial score (nSPS) is 23.0. The first kappa shape index (κ1) is 24.2. The van der Waals surface area contributed by atoms with Crippen molar-refractivity contribution in [3.63, 3.8) is 0 Å². The minimum Gasteiger partial charge on any atom is -0.330 e. The zero-order valence-corrected chi connectivity index (χ0v) is 21.1. The first-order valence-corrected chi connectivity index (χ1v) is 14.3. The van der Waals surface area contributed by atoms with Gasteiger partial charge in [0.1, 0.15) is 0 Å². The van der Waals surface area contributed by atoms with Crippen LogP contribution in [0, 0.1) is 0 Å². The number of carbonyl (C=O) groups is 1. The highest BCUT2D eigenvalue weighted by molar-refractivity contribution is 7.89. The standard InChI is InChI=1S/C28H35N3O3S/c32-28-26(24-13-10-14-25(21-24)35(33,34)30-18-8-9-19-30)15-4-5-20-31(28)27(22-29-16-6-7-17-29)23-11-2-1-3-12-23/h1-5,10-14,21,26-27H,6-9,15-20,22H2/t26-,27-/m1/s1. The first-order chi connectivity index (χ1) is 17.0. The molecule has 0 saturated carbocycles. The van der Waals surface area contributed by atoms with Crippen LogP contribution in [-0.2, 0) is 14.8 Å². The molecule has 0 bridgehead atoms. The summed E-state index contributed by atoms with van der Waals surface area (Å²) >= 11 is 0. The van der Waals surface area contributed by atoms with E-state index >= 15 is 0 Å². The van der Waals surface area contributed by atoms with Crippen molar-refractivity contribution < 1.29 is 13.2 Å². The highest BCUT2D eigenvalue weighted by atomic mass is 32.2. The number of hydrogen-bond donors (Lipinski definition) is 0. The molecule has 0 N–H and O–H groups in total. The Kier molecular flexibility index (Phi) is 7.37. The molecule has 0 aromatic heterocycles. The summed E-state index contributed by atoms with van der Waals surface area (Å²) < 4.78 is 27.9. The molecule has 2 saturated heterocycles. The van der Waals surface area contributed by atoms with E-state index in [1.807, 2.05) is 29.2 Å². The minimum absolute atomic E-state index is 0.0384. The average Bonchev–Trinajstić information content (AvgIpc) is 3.58. The Morgan fingerprint density at radius 1 is 0.857 bits per heavy atom. The maximum Gasteiger partial charge on any atom is 0.243 e. The number of allylic oxidation sites excluding steroid dienone is 1. The summed E-state index contributed by atoms with van der Waals surface area (Å²) in [7, 11) is -3.53. The Balaban J connectivity index is 1.45. The third-order valence-electron chi connectivity index (χ3n) is 7.58. The van der Waals surface area contributed by atoms with E-state index in [1.165, 1.54) is 12.8 Å². The summed E-state index contributed by atoms with van der Waals surface area (Å²) in [4.78, 5) is 18.8. The first-order valence-electron chi connectivity index (χ1n) is 12.9. The van der Waals surface area contributed by atoms with Crippen LogP contribution < -0.4 is 0 Å². The Morgan fingerprint density at radius 2 is 1.57 bits per heavy atom. The highest BCUT2D eigenvalue weighted by Crippen LogP contribution is 2.33. The number of rotatable bonds is 7. The summed E-state index contributed by atoms with van der Waals surface area (Å²) in [6, 6.07) is 17.3. The van der Waals surface area contributed by atoms with Crippen LogP contribution in [0.4, 0.5) is 0 Å². The fraction of sp³-hybridized carbons (Fsp3) is 0.464. The van der Waals surface area contributed by atoms with Gasteiger partial charge in [-0.2, -0.15) is 4.31 Å². The van der Waals surface area contributed by atoms with Crippen molar-refractivity contribution in [1.82, 2.24) is 14.1 Å². The maximum atomic E-state index is 14.1.